The number of ether oxygens (including phenoxy) is 4. The second kappa shape index (κ2) is 10.8. The van der Waals surface area contributed by atoms with Crippen LogP contribution < -0.4 is 24.4 Å². The van der Waals surface area contributed by atoms with Crippen LogP contribution in [-0.4, -0.2) is 40.1 Å². The molecule has 0 aromatic heterocycles. The molecule has 0 atom stereocenters. The van der Waals surface area contributed by atoms with Gasteiger partial charge in [0.25, 0.3) is 5.91 Å². The Hall–Kier alpha value is -3.22. The number of hydrazone groups is 1. The van der Waals surface area contributed by atoms with Crippen molar-refractivity contribution in [3.8, 4) is 23.0 Å². The normalized spacial score (nSPS) is 10.6. The van der Waals surface area contributed by atoms with Gasteiger partial charge in [0.2, 0.25) is 0 Å². The van der Waals surface area contributed by atoms with Crippen molar-refractivity contribution in [3.63, 3.8) is 0 Å². The van der Waals surface area contributed by atoms with Crippen LogP contribution in [0, 0.1) is 0 Å². The third kappa shape index (κ3) is 5.90. The van der Waals surface area contributed by atoms with Crippen LogP contribution in [0.25, 0.3) is 0 Å². The summed E-state index contributed by atoms with van der Waals surface area (Å²) in [5, 5.41) is 4.01. The highest BCUT2D eigenvalue weighted by Gasteiger charge is 2.09. The topological polar surface area (TPSA) is 78.4 Å². The van der Waals surface area contributed by atoms with Crippen molar-refractivity contribution in [2.24, 2.45) is 5.10 Å². The van der Waals surface area contributed by atoms with Crippen LogP contribution in [0.4, 0.5) is 0 Å². The molecule has 0 fully saturated rings. The average molecular weight is 386 g/mol. The molecule has 0 aliphatic rings. The molecule has 1 amide bonds. The molecule has 2 aromatic carbocycles. The zero-order valence-corrected chi connectivity index (χ0v) is 16.7. The summed E-state index contributed by atoms with van der Waals surface area (Å²) in [4.78, 5) is 12.3. The number of hydrogen-bond donors (Lipinski definition) is 1. The van der Waals surface area contributed by atoms with Crippen LogP contribution in [0.3, 0.4) is 0 Å². The fraction of sp³-hybridized carbons (Fsp3) is 0.333. The van der Waals surface area contributed by atoms with Gasteiger partial charge in [0.1, 0.15) is 11.5 Å². The van der Waals surface area contributed by atoms with E-state index >= 15 is 0 Å². The fourth-order valence-electron chi connectivity index (χ4n) is 2.38. The number of methoxy groups -OCH3 is 3. The number of carbonyl (C=O) groups is 1. The predicted molar refractivity (Wildman–Crippen MR) is 108 cm³/mol. The van der Waals surface area contributed by atoms with E-state index < -0.39 is 0 Å². The summed E-state index contributed by atoms with van der Waals surface area (Å²) in [5.41, 5.74) is 3.64. The summed E-state index contributed by atoms with van der Waals surface area (Å²) in [6.45, 7) is 2.75. The minimum Gasteiger partial charge on any atom is -0.497 e. The molecule has 2 rings (SSSR count). The van der Waals surface area contributed by atoms with Gasteiger partial charge < -0.3 is 18.9 Å². The predicted octanol–water partition coefficient (Wildman–Crippen LogP) is 3.66. The second-order valence-electron chi connectivity index (χ2n) is 5.91. The van der Waals surface area contributed by atoms with Gasteiger partial charge in [-0.1, -0.05) is 13.3 Å². The van der Waals surface area contributed by atoms with E-state index in [0.29, 0.717) is 35.2 Å². The minimum atomic E-state index is -0.375. The number of nitrogens with zero attached hydrogens (tertiary/aromatic N) is 1. The number of nitrogens with one attached hydrogen (secondary N) is 1. The first-order valence-electron chi connectivity index (χ1n) is 8.98. The van der Waals surface area contributed by atoms with E-state index in [-0.39, 0.29) is 5.91 Å². The SMILES string of the molecule is CCCCOc1ccc(/C=N/NC(=O)c2cc(OC)cc(OC)c2)cc1OC. The van der Waals surface area contributed by atoms with E-state index in [1.165, 1.54) is 20.4 Å². The van der Waals surface area contributed by atoms with Crippen LogP contribution >= 0.6 is 0 Å². The molecule has 0 saturated heterocycles. The molecule has 1 N–H and O–H groups in total. The van der Waals surface area contributed by atoms with Crippen molar-refractivity contribution in [1.82, 2.24) is 5.43 Å². The molecule has 0 aliphatic heterocycles. The van der Waals surface area contributed by atoms with Gasteiger partial charge in [0.15, 0.2) is 11.5 Å². The molecule has 0 heterocycles. The first-order valence-corrected chi connectivity index (χ1v) is 8.98. The summed E-state index contributed by atoms with van der Waals surface area (Å²) in [7, 11) is 4.64. The summed E-state index contributed by atoms with van der Waals surface area (Å²) in [6, 6.07) is 10.4. The molecule has 0 unspecified atom stereocenters. The van der Waals surface area contributed by atoms with Gasteiger partial charge in [-0.05, 0) is 42.3 Å². The van der Waals surface area contributed by atoms with Gasteiger partial charge in [-0.15, -0.1) is 0 Å². The van der Waals surface area contributed by atoms with Crippen molar-refractivity contribution in [3.05, 3.63) is 47.5 Å². The van der Waals surface area contributed by atoms with Crippen molar-refractivity contribution < 1.29 is 23.7 Å². The monoisotopic (exact) mass is 386 g/mol. The van der Waals surface area contributed by atoms with E-state index in [1.807, 2.05) is 12.1 Å². The lowest BCUT2D eigenvalue weighted by Crippen LogP contribution is -2.17. The molecule has 2 aromatic rings. The molecule has 7 nitrogen and oxygen atoms in total. The van der Waals surface area contributed by atoms with Crippen molar-refractivity contribution in [2.75, 3.05) is 27.9 Å². The van der Waals surface area contributed by atoms with Crippen LogP contribution in [0.2, 0.25) is 0 Å². The Morgan fingerprint density at radius 2 is 1.71 bits per heavy atom. The molecule has 0 bridgehead atoms. The first kappa shape index (κ1) is 21.1. The van der Waals surface area contributed by atoms with E-state index in [2.05, 4.69) is 17.5 Å². The fourth-order valence-corrected chi connectivity index (χ4v) is 2.38. The van der Waals surface area contributed by atoms with Crippen LogP contribution in [-0.2, 0) is 0 Å². The van der Waals surface area contributed by atoms with Crippen molar-refractivity contribution in [2.45, 2.75) is 19.8 Å². The van der Waals surface area contributed by atoms with Crippen molar-refractivity contribution >= 4 is 12.1 Å². The van der Waals surface area contributed by atoms with E-state index in [0.717, 1.165) is 18.4 Å². The van der Waals surface area contributed by atoms with Crippen LogP contribution in [0.5, 0.6) is 23.0 Å². The zero-order chi connectivity index (χ0) is 20.4. The number of hydrogen-bond acceptors (Lipinski definition) is 6. The average Bonchev–Trinajstić information content (AvgIpc) is 2.73. The first-order chi connectivity index (χ1) is 13.6. The highest BCUT2D eigenvalue weighted by atomic mass is 16.5. The quantitative estimate of drug-likeness (QED) is 0.383. The maximum absolute atomic E-state index is 12.3. The summed E-state index contributed by atoms with van der Waals surface area (Å²) >= 11 is 0. The molecule has 0 radical (unpaired) electrons. The molecule has 0 aliphatic carbocycles. The Morgan fingerprint density at radius 1 is 1.00 bits per heavy atom. The number of unbranched alkanes of at least 4 members (excludes halogenated alkanes) is 1. The van der Waals surface area contributed by atoms with Crippen molar-refractivity contribution in [1.29, 1.82) is 0 Å². The molecule has 0 spiro atoms. The second-order valence-corrected chi connectivity index (χ2v) is 5.91. The van der Waals surface area contributed by atoms with E-state index in [9.17, 15) is 4.79 Å². The molecule has 7 heteroatoms. The smallest absolute Gasteiger partial charge is 0.271 e. The third-order valence-electron chi connectivity index (χ3n) is 3.94. The highest BCUT2D eigenvalue weighted by Crippen LogP contribution is 2.27. The molecular weight excluding hydrogens is 360 g/mol. The number of carbonyl (C=O) groups excluding carboxylic acids is 1. The largest absolute Gasteiger partial charge is 0.497 e. The lowest BCUT2D eigenvalue weighted by atomic mass is 10.2. The Balaban J connectivity index is 2.04. The van der Waals surface area contributed by atoms with Gasteiger partial charge in [-0.25, -0.2) is 5.43 Å². The van der Waals surface area contributed by atoms with Gasteiger partial charge in [-0.2, -0.15) is 5.10 Å². The number of benzene rings is 2. The number of amides is 1. The number of rotatable bonds is 10. The highest BCUT2D eigenvalue weighted by molar-refractivity contribution is 5.95. The Bertz CT molecular complexity index is 798. The summed E-state index contributed by atoms with van der Waals surface area (Å²) in [5.74, 6) is 1.97. The third-order valence-corrected chi connectivity index (χ3v) is 3.94. The van der Waals surface area contributed by atoms with E-state index in [4.69, 9.17) is 18.9 Å². The lowest BCUT2D eigenvalue weighted by molar-refractivity contribution is 0.0954. The molecule has 28 heavy (non-hydrogen) atoms. The summed E-state index contributed by atoms with van der Waals surface area (Å²) in [6.07, 6.45) is 3.58. The molecule has 0 saturated carbocycles. The minimum absolute atomic E-state index is 0.375. The Morgan fingerprint density at radius 3 is 2.32 bits per heavy atom. The van der Waals surface area contributed by atoms with Gasteiger partial charge in [-0.3, -0.25) is 4.79 Å². The van der Waals surface area contributed by atoms with Crippen LogP contribution in [0.1, 0.15) is 35.7 Å². The summed E-state index contributed by atoms with van der Waals surface area (Å²) < 4.78 is 21.4. The van der Waals surface area contributed by atoms with E-state index in [1.54, 1.807) is 31.4 Å². The molecular formula is C21H26N2O5. The Labute approximate surface area is 165 Å². The van der Waals surface area contributed by atoms with Gasteiger partial charge in [0, 0.05) is 11.6 Å². The Kier molecular flexibility index (Phi) is 8.14. The molecule has 150 valence electrons. The maximum atomic E-state index is 12.3. The lowest BCUT2D eigenvalue weighted by Gasteiger charge is -2.10. The standard InChI is InChI=1S/C21H26N2O5/c1-5-6-9-28-19-8-7-15(10-20(19)27-4)14-22-23-21(24)16-11-17(25-2)13-18(12-16)26-3/h7-8,10-14H,5-6,9H2,1-4H3,(H,23,24)/b22-14+. The van der Waals surface area contributed by atoms with Gasteiger partial charge >= 0.3 is 0 Å². The van der Waals surface area contributed by atoms with Crippen LogP contribution in [0.15, 0.2) is 41.5 Å². The maximum Gasteiger partial charge on any atom is 0.271 e. The van der Waals surface area contributed by atoms with Gasteiger partial charge in [0.05, 0.1) is 34.2 Å². The zero-order valence-electron chi connectivity index (χ0n) is 16.7.